The molecule has 0 aromatic heterocycles. The first-order chi connectivity index (χ1) is 4.31. The molecule has 0 aliphatic rings. The number of nitriles is 1. The molecule has 0 aliphatic heterocycles. The minimum Gasteiger partial charge on any atom is -0.381 e. The van der Waals surface area contributed by atoms with E-state index in [-0.39, 0.29) is 0 Å². The lowest BCUT2D eigenvalue weighted by Gasteiger charge is -2.04. The van der Waals surface area contributed by atoms with Gasteiger partial charge in [-0.2, -0.15) is 5.26 Å². The maximum Gasteiger partial charge on any atom is 0.0625 e. The molecule has 9 heavy (non-hydrogen) atoms. The van der Waals surface area contributed by atoms with Gasteiger partial charge in [0.05, 0.1) is 12.7 Å². The van der Waals surface area contributed by atoms with Crippen LogP contribution < -0.4 is 0 Å². The van der Waals surface area contributed by atoms with Gasteiger partial charge in [0, 0.05) is 13.0 Å². The molecule has 0 rings (SSSR count). The van der Waals surface area contributed by atoms with E-state index < -0.39 is 0 Å². The second-order valence-corrected chi connectivity index (χ2v) is 2.13. The first kappa shape index (κ1) is 8.45. The Labute approximate surface area is 56.4 Å². The van der Waals surface area contributed by atoms with Crippen molar-refractivity contribution in [3.8, 4) is 6.07 Å². The van der Waals surface area contributed by atoms with Gasteiger partial charge < -0.3 is 4.74 Å². The summed E-state index contributed by atoms with van der Waals surface area (Å²) in [6.45, 7) is 5.43. The molecular formula is C7H13NO. The minimum atomic E-state index is 0.384. The van der Waals surface area contributed by atoms with Crippen LogP contribution in [0.15, 0.2) is 0 Å². The Hall–Kier alpha value is -0.550. The summed E-state index contributed by atoms with van der Waals surface area (Å²) in [4.78, 5) is 0. The predicted molar refractivity (Wildman–Crippen MR) is 35.9 cm³/mol. The molecule has 0 fully saturated rings. The molecule has 0 N–H and O–H groups in total. The average Bonchev–Trinajstić information content (AvgIpc) is 1.85. The second-order valence-electron chi connectivity index (χ2n) is 2.13. The summed E-state index contributed by atoms with van der Waals surface area (Å²) in [5.41, 5.74) is 0. The van der Waals surface area contributed by atoms with Gasteiger partial charge in [-0.15, -0.1) is 0 Å². The molecule has 0 aliphatic carbocycles. The van der Waals surface area contributed by atoms with Gasteiger partial charge in [-0.1, -0.05) is 6.92 Å². The van der Waals surface area contributed by atoms with Crippen molar-refractivity contribution in [2.75, 3.05) is 13.2 Å². The summed E-state index contributed by atoms with van der Waals surface area (Å²) in [5, 5.41) is 8.23. The molecule has 52 valence electrons. The molecule has 2 heteroatoms. The van der Waals surface area contributed by atoms with Gasteiger partial charge in [0.25, 0.3) is 0 Å². The number of ether oxygens (including phenoxy) is 1. The highest BCUT2D eigenvalue weighted by atomic mass is 16.5. The molecule has 0 heterocycles. The highest BCUT2D eigenvalue weighted by Gasteiger charge is 1.98. The zero-order chi connectivity index (χ0) is 7.11. The molecule has 0 aromatic carbocycles. The lowest BCUT2D eigenvalue weighted by Crippen LogP contribution is -2.04. The molecule has 0 saturated carbocycles. The van der Waals surface area contributed by atoms with E-state index in [0.29, 0.717) is 18.9 Å². The summed E-state index contributed by atoms with van der Waals surface area (Å²) in [5.74, 6) is 0.384. The van der Waals surface area contributed by atoms with Crippen LogP contribution in [-0.2, 0) is 4.74 Å². The zero-order valence-corrected chi connectivity index (χ0v) is 6.05. The third-order valence-corrected chi connectivity index (χ3v) is 1.05. The van der Waals surface area contributed by atoms with Crippen LogP contribution in [0.1, 0.15) is 20.3 Å². The van der Waals surface area contributed by atoms with Crippen LogP contribution in [0.3, 0.4) is 0 Å². The topological polar surface area (TPSA) is 33.0 Å². The van der Waals surface area contributed by atoms with Crippen LogP contribution >= 0.6 is 0 Å². The highest BCUT2D eigenvalue weighted by molar-refractivity contribution is 4.72. The normalized spacial score (nSPS) is 12.6. The van der Waals surface area contributed by atoms with Gasteiger partial charge in [0.1, 0.15) is 0 Å². The lowest BCUT2D eigenvalue weighted by atomic mass is 10.1. The van der Waals surface area contributed by atoms with Crippen molar-refractivity contribution in [2.45, 2.75) is 20.3 Å². The summed E-state index contributed by atoms with van der Waals surface area (Å²) < 4.78 is 5.10. The van der Waals surface area contributed by atoms with Gasteiger partial charge >= 0.3 is 0 Å². The van der Waals surface area contributed by atoms with Crippen LogP contribution in [0.5, 0.6) is 0 Å². The summed E-state index contributed by atoms with van der Waals surface area (Å²) in [6.07, 6.45) is 0.597. The van der Waals surface area contributed by atoms with E-state index in [1.54, 1.807) is 0 Å². The molecule has 0 spiro atoms. The van der Waals surface area contributed by atoms with Gasteiger partial charge in [0.2, 0.25) is 0 Å². The fourth-order valence-corrected chi connectivity index (χ4v) is 0.534. The van der Waals surface area contributed by atoms with Crippen LogP contribution in [-0.4, -0.2) is 13.2 Å². The van der Waals surface area contributed by atoms with E-state index in [9.17, 15) is 0 Å². The van der Waals surface area contributed by atoms with Crippen LogP contribution in [0.4, 0.5) is 0 Å². The van der Waals surface area contributed by atoms with Gasteiger partial charge in [-0.3, -0.25) is 0 Å². The molecule has 0 bridgehead atoms. The smallest absolute Gasteiger partial charge is 0.0625 e. The van der Waals surface area contributed by atoms with E-state index in [0.717, 1.165) is 6.61 Å². The van der Waals surface area contributed by atoms with E-state index in [1.807, 2.05) is 13.8 Å². The number of nitrogens with zero attached hydrogens (tertiary/aromatic N) is 1. The molecule has 0 aromatic rings. The van der Waals surface area contributed by atoms with Gasteiger partial charge in [-0.05, 0) is 12.8 Å². The van der Waals surface area contributed by atoms with E-state index >= 15 is 0 Å². The fourth-order valence-electron chi connectivity index (χ4n) is 0.534. The van der Waals surface area contributed by atoms with E-state index in [4.69, 9.17) is 10.00 Å². The Morgan fingerprint density at radius 3 is 2.78 bits per heavy atom. The molecule has 0 saturated heterocycles. The third kappa shape index (κ3) is 5.32. The zero-order valence-electron chi connectivity index (χ0n) is 6.05. The van der Waals surface area contributed by atoms with Gasteiger partial charge in [0.15, 0.2) is 0 Å². The Morgan fingerprint density at radius 1 is 1.67 bits per heavy atom. The van der Waals surface area contributed by atoms with Crippen molar-refractivity contribution < 1.29 is 4.74 Å². The highest BCUT2D eigenvalue weighted by Crippen LogP contribution is 1.99. The Bertz CT molecular complexity index is 95.6. The Morgan fingerprint density at radius 2 is 2.33 bits per heavy atom. The Balaban J connectivity index is 3.08. The number of hydrogen-bond acceptors (Lipinski definition) is 2. The van der Waals surface area contributed by atoms with E-state index in [2.05, 4.69) is 6.07 Å². The molecule has 1 unspecified atom stereocenters. The summed E-state index contributed by atoms with van der Waals surface area (Å²) >= 11 is 0. The molecule has 2 nitrogen and oxygen atoms in total. The minimum absolute atomic E-state index is 0.384. The summed E-state index contributed by atoms with van der Waals surface area (Å²) in [6, 6.07) is 2.10. The van der Waals surface area contributed by atoms with Crippen molar-refractivity contribution >= 4 is 0 Å². The Kier molecular flexibility index (Phi) is 5.24. The number of rotatable bonds is 4. The van der Waals surface area contributed by atoms with Crippen LogP contribution in [0.25, 0.3) is 0 Å². The third-order valence-electron chi connectivity index (χ3n) is 1.05. The fraction of sp³-hybridized carbons (Fsp3) is 0.857. The number of hydrogen-bond donors (Lipinski definition) is 0. The second kappa shape index (κ2) is 5.58. The predicted octanol–water partition coefficient (Wildman–Crippen LogP) is 1.57. The molecular weight excluding hydrogens is 114 g/mol. The van der Waals surface area contributed by atoms with Crippen LogP contribution in [0.2, 0.25) is 0 Å². The van der Waals surface area contributed by atoms with Crippen molar-refractivity contribution in [1.29, 1.82) is 5.26 Å². The van der Waals surface area contributed by atoms with Gasteiger partial charge in [-0.25, -0.2) is 0 Å². The van der Waals surface area contributed by atoms with Crippen molar-refractivity contribution in [2.24, 2.45) is 5.92 Å². The first-order valence-corrected chi connectivity index (χ1v) is 3.26. The largest absolute Gasteiger partial charge is 0.381 e. The average molecular weight is 127 g/mol. The molecule has 0 amide bonds. The van der Waals surface area contributed by atoms with Crippen molar-refractivity contribution in [1.82, 2.24) is 0 Å². The van der Waals surface area contributed by atoms with Crippen molar-refractivity contribution in [3.05, 3.63) is 0 Å². The van der Waals surface area contributed by atoms with E-state index in [1.165, 1.54) is 0 Å². The molecule has 0 radical (unpaired) electrons. The quantitative estimate of drug-likeness (QED) is 0.574. The molecule has 1 atom stereocenters. The monoisotopic (exact) mass is 127 g/mol. The standard InChI is InChI=1S/C7H13NO/c1-3-9-6-7(2)4-5-8/h7H,3-4,6H2,1-2H3. The summed E-state index contributed by atoms with van der Waals surface area (Å²) in [7, 11) is 0. The van der Waals surface area contributed by atoms with Crippen LogP contribution in [0, 0.1) is 17.2 Å². The SMILES string of the molecule is CCOCC(C)CC#N. The first-order valence-electron chi connectivity index (χ1n) is 3.26. The maximum atomic E-state index is 8.23. The maximum absolute atomic E-state index is 8.23. The lowest BCUT2D eigenvalue weighted by molar-refractivity contribution is 0.117. The van der Waals surface area contributed by atoms with Crippen molar-refractivity contribution in [3.63, 3.8) is 0 Å².